The van der Waals surface area contributed by atoms with E-state index in [0.717, 1.165) is 0 Å². The van der Waals surface area contributed by atoms with Gasteiger partial charge in [0.05, 0.1) is 12.5 Å². The molecule has 0 aliphatic carbocycles. The van der Waals surface area contributed by atoms with Crippen molar-refractivity contribution in [3.63, 3.8) is 0 Å². The molecule has 2 atom stereocenters. The third-order valence-corrected chi connectivity index (χ3v) is 5.92. The second-order valence-electron chi connectivity index (χ2n) is 10.8. The second kappa shape index (κ2) is 10.4. The summed E-state index contributed by atoms with van der Waals surface area (Å²) in [5.74, 6) is 0.365. The van der Waals surface area contributed by atoms with Crippen LogP contribution in [0.1, 0.15) is 95.6 Å². The smallest absolute Gasteiger partial charge is 0.222 e. The largest absolute Gasteiger partial charge is 0.349 e. The molecule has 2 aromatic rings. The molecule has 1 saturated heterocycles. The van der Waals surface area contributed by atoms with Crippen molar-refractivity contribution in [3.8, 4) is 0 Å². The first-order chi connectivity index (χ1) is 14.8. The molecule has 0 saturated carbocycles. The van der Waals surface area contributed by atoms with E-state index in [1.54, 1.807) is 6.92 Å². The molecule has 1 fully saturated rings. The van der Waals surface area contributed by atoms with Crippen molar-refractivity contribution in [2.24, 2.45) is 0 Å². The van der Waals surface area contributed by atoms with Gasteiger partial charge in [-0.05, 0) is 47.1 Å². The lowest BCUT2D eigenvalue weighted by molar-refractivity contribution is -0.128. The molecule has 0 bridgehead atoms. The number of amides is 1. The lowest BCUT2D eigenvalue weighted by atomic mass is 9.85. The van der Waals surface area contributed by atoms with Gasteiger partial charge in [0.2, 0.25) is 5.91 Å². The highest BCUT2D eigenvalue weighted by Gasteiger charge is 2.26. The molecule has 2 unspecified atom stereocenters. The van der Waals surface area contributed by atoms with Crippen molar-refractivity contribution < 1.29 is 9.59 Å². The summed E-state index contributed by atoms with van der Waals surface area (Å²) in [5, 5.41) is 6.07. The van der Waals surface area contributed by atoms with Crippen molar-refractivity contribution in [2.75, 3.05) is 7.05 Å². The number of nitrogens with one attached hydrogen (secondary N) is 2. The number of carbonyl (C=O) groups excluding carboxylic acids is 2. The SMILES string of the molecule is CC(C)(C)c1ccc(C2CC(=O)N2)cc1.CNC(CC(C)=O)c1ccc(C(C)(C)C)cc1. The number of carbonyl (C=O) groups is 2. The highest BCUT2D eigenvalue weighted by molar-refractivity contribution is 5.83. The predicted octanol–water partition coefficient (Wildman–Crippen LogP) is 5.77. The van der Waals surface area contributed by atoms with E-state index in [4.69, 9.17) is 0 Å². The average molecular weight is 437 g/mol. The standard InChI is InChI=1S/C15H23NO.C13H17NO/c1-11(17)10-14(16-5)12-6-8-13(9-7-12)15(2,3)4;1-13(2,3)10-6-4-9(5-7-10)11-8-12(15)14-11/h6-9,14,16H,10H2,1-5H3;4-7,11H,8H2,1-3H3,(H,14,15). The first kappa shape index (κ1) is 25.8. The van der Waals surface area contributed by atoms with Gasteiger partial charge in [-0.25, -0.2) is 0 Å². The molecule has 0 spiro atoms. The maximum Gasteiger partial charge on any atom is 0.222 e. The summed E-state index contributed by atoms with van der Waals surface area (Å²) in [7, 11) is 1.89. The maximum absolute atomic E-state index is 11.2. The van der Waals surface area contributed by atoms with Crippen LogP contribution in [0.5, 0.6) is 0 Å². The third-order valence-electron chi connectivity index (χ3n) is 5.92. The Morgan fingerprint density at radius 1 is 0.938 bits per heavy atom. The zero-order valence-electron chi connectivity index (χ0n) is 21.0. The highest BCUT2D eigenvalue weighted by atomic mass is 16.2. The number of hydrogen-bond acceptors (Lipinski definition) is 3. The third kappa shape index (κ3) is 7.30. The molecule has 32 heavy (non-hydrogen) atoms. The van der Waals surface area contributed by atoms with Crippen LogP contribution >= 0.6 is 0 Å². The number of Topliss-reactive ketones (excluding diaryl/α,β-unsaturated/α-hetero) is 1. The average Bonchev–Trinajstić information content (AvgIpc) is 2.69. The molecule has 0 aromatic heterocycles. The molecule has 1 amide bonds. The lowest BCUT2D eigenvalue weighted by Crippen LogP contribution is -2.41. The first-order valence-electron chi connectivity index (χ1n) is 11.5. The summed E-state index contributed by atoms with van der Waals surface area (Å²) in [6.45, 7) is 14.8. The minimum atomic E-state index is 0.126. The van der Waals surface area contributed by atoms with E-state index in [0.29, 0.717) is 12.8 Å². The van der Waals surface area contributed by atoms with E-state index in [9.17, 15) is 9.59 Å². The number of β-lactam (4-membered cyclic amide) rings is 1. The number of ketones is 1. The Balaban J connectivity index is 0.000000228. The molecule has 0 radical (unpaired) electrons. The monoisotopic (exact) mass is 436 g/mol. The van der Waals surface area contributed by atoms with E-state index in [1.165, 1.54) is 22.3 Å². The molecule has 1 heterocycles. The Morgan fingerprint density at radius 2 is 1.38 bits per heavy atom. The fourth-order valence-corrected chi connectivity index (χ4v) is 3.66. The normalized spacial score (nSPS) is 16.9. The molecule has 174 valence electrons. The van der Waals surface area contributed by atoms with Crippen LogP contribution in [0.25, 0.3) is 0 Å². The summed E-state index contributed by atoms with van der Waals surface area (Å²) < 4.78 is 0. The van der Waals surface area contributed by atoms with Crippen LogP contribution in [-0.4, -0.2) is 18.7 Å². The summed E-state index contributed by atoms with van der Waals surface area (Å²) >= 11 is 0. The van der Waals surface area contributed by atoms with Crippen LogP contribution < -0.4 is 10.6 Å². The van der Waals surface area contributed by atoms with Crippen molar-refractivity contribution in [2.45, 2.75) is 84.2 Å². The molecule has 4 heteroatoms. The summed E-state index contributed by atoms with van der Waals surface area (Å²) in [6.07, 6.45) is 1.18. The van der Waals surface area contributed by atoms with E-state index in [1.807, 2.05) is 7.05 Å². The van der Waals surface area contributed by atoms with Crippen molar-refractivity contribution in [1.29, 1.82) is 0 Å². The fraction of sp³-hybridized carbons (Fsp3) is 0.500. The van der Waals surface area contributed by atoms with Gasteiger partial charge in [0.15, 0.2) is 0 Å². The predicted molar refractivity (Wildman–Crippen MR) is 133 cm³/mol. The van der Waals surface area contributed by atoms with Crippen molar-refractivity contribution in [1.82, 2.24) is 10.6 Å². The number of hydrogen-bond donors (Lipinski definition) is 2. The fourth-order valence-electron chi connectivity index (χ4n) is 3.66. The highest BCUT2D eigenvalue weighted by Crippen LogP contribution is 2.28. The topological polar surface area (TPSA) is 58.2 Å². The van der Waals surface area contributed by atoms with Gasteiger partial charge in [-0.2, -0.15) is 0 Å². The quantitative estimate of drug-likeness (QED) is 0.585. The van der Waals surface area contributed by atoms with Gasteiger partial charge >= 0.3 is 0 Å². The van der Waals surface area contributed by atoms with Gasteiger partial charge in [0.25, 0.3) is 0 Å². The molecule has 3 rings (SSSR count). The van der Waals surface area contributed by atoms with E-state index >= 15 is 0 Å². The van der Waals surface area contributed by atoms with Gasteiger partial charge in [-0.1, -0.05) is 90.1 Å². The van der Waals surface area contributed by atoms with Crippen molar-refractivity contribution >= 4 is 11.7 Å². The van der Waals surface area contributed by atoms with E-state index < -0.39 is 0 Å². The first-order valence-corrected chi connectivity index (χ1v) is 11.5. The maximum atomic E-state index is 11.2. The zero-order chi connectivity index (χ0) is 24.1. The molecule has 2 N–H and O–H groups in total. The van der Waals surface area contributed by atoms with Crippen LogP contribution in [0.4, 0.5) is 0 Å². The number of benzene rings is 2. The van der Waals surface area contributed by atoms with Crippen LogP contribution in [0.3, 0.4) is 0 Å². The molecular formula is C28H40N2O2. The Labute approximate surface area is 194 Å². The lowest BCUT2D eigenvalue weighted by Gasteiger charge is -2.28. The van der Waals surface area contributed by atoms with Crippen LogP contribution in [-0.2, 0) is 20.4 Å². The Morgan fingerprint density at radius 3 is 1.72 bits per heavy atom. The van der Waals surface area contributed by atoms with Crippen LogP contribution in [0.2, 0.25) is 0 Å². The Kier molecular flexibility index (Phi) is 8.41. The molecular weight excluding hydrogens is 396 g/mol. The minimum absolute atomic E-state index is 0.126. The molecule has 4 nitrogen and oxygen atoms in total. The van der Waals surface area contributed by atoms with Gasteiger partial charge in [-0.3, -0.25) is 9.59 Å². The molecule has 1 aliphatic rings. The van der Waals surface area contributed by atoms with Crippen LogP contribution in [0, 0.1) is 0 Å². The Hall–Kier alpha value is -2.46. The minimum Gasteiger partial charge on any atom is -0.349 e. The van der Waals surface area contributed by atoms with Crippen molar-refractivity contribution in [3.05, 3.63) is 70.8 Å². The van der Waals surface area contributed by atoms with E-state index in [2.05, 4.69) is 101 Å². The molecule has 1 aliphatic heterocycles. The second-order valence-corrected chi connectivity index (χ2v) is 10.8. The van der Waals surface area contributed by atoms with Gasteiger partial charge in [-0.15, -0.1) is 0 Å². The Bertz CT molecular complexity index is 892. The van der Waals surface area contributed by atoms with Crippen LogP contribution in [0.15, 0.2) is 48.5 Å². The summed E-state index contributed by atoms with van der Waals surface area (Å²) in [6, 6.07) is 17.4. The summed E-state index contributed by atoms with van der Waals surface area (Å²) in [5.41, 5.74) is 5.41. The summed E-state index contributed by atoms with van der Waals surface area (Å²) in [4.78, 5) is 22.0. The van der Waals surface area contributed by atoms with Gasteiger partial charge in [0.1, 0.15) is 5.78 Å². The number of rotatable bonds is 5. The zero-order valence-corrected chi connectivity index (χ0v) is 21.0. The molecule has 2 aromatic carbocycles. The van der Waals surface area contributed by atoms with E-state index in [-0.39, 0.29) is 34.6 Å². The van der Waals surface area contributed by atoms with Gasteiger partial charge < -0.3 is 10.6 Å². The van der Waals surface area contributed by atoms with Gasteiger partial charge in [0, 0.05) is 12.5 Å².